The number of hydrogen-bond acceptors (Lipinski definition) is 5. The lowest BCUT2D eigenvalue weighted by Gasteiger charge is -2.08. The van der Waals surface area contributed by atoms with E-state index in [1.54, 1.807) is 0 Å². The highest BCUT2D eigenvalue weighted by molar-refractivity contribution is 6.32. The highest BCUT2D eigenvalue weighted by atomic mass is 35.5. The molecule has 0 aliphatic carbocycles. The average molecular weight is 256 g/mol. The number of benzene rings is 1. The van der Waals surface area contributed by atoms with Crippen LogP contribution in [0.2, 0.25) is 5.02 Å². The molecule has 0 spiro atoms. The van der Waals surface area contributed by atoms with Gasteiger partial charge in [0.15, 0.2) is 0 Å². The van der Waals surface area contributed by atoms with E-state index in [2.05, 4.69) is 0 Å². The summed E-state index contributed by atoms with van der Waals surface area (Å²) in [7, 11) is 0. The van der Waals surface area contributed by atoms with Crippen LogP contribution < -0.4 is 10.5 Å². The van der Waals surface area contributed by atoms with Crippen LogP contribution in [0, 0.1) is 21.4 Å². The standard InChI is InChI=1S/C10H10ClN3O3/c11-9-5-8(14(15)16)1-2-10(9)17-4-3-7(13)6-12/h1-2,5,7H,3-4,13H2. The number of ether oxygens (including phenoxy) is 1. The van der Waals surface area contributed by atoms with Crippen LogP contribution in [0.1, 0.15) is 6.42 Å². The second kappa shape index (κ2) is 6.03. The third-order valence-corrected chi connectivity index (χ3v) is 2.27. The summed E-state index contributed by atoms with van der Waals surface area (Å²) in [4.78, 5) is 9.92. The molecule has 0 bridgehead atoms. The Balaban J connectivity index is 2.61. The van der Waals surface area contributed by atoms with Crippen LogP contribution in [0.4, 0.5) is 5.69 Å². The van der Waals surface area contributed by atoms with Crippen molar-refractivity contribution in [2.45, 2.75) is 12.5 Å². The van der Waals surface area contributed by atoms with Crippen molar-refractivity contribution in [2.75, 3.05) is 6.61 Å². The first-order valence-corrected chi connectivity index (χ1v) is 5.14. The number of nitrogens with zero attached hydrogens (tertiary/aromatic N) is 2. The van der Waals surface area contributed by atoms with E-state index in [4.69, 9.17) is 27.3 Å². The lowest BCUT2D eigenvalue weighted by molar-refractivity contribution is -0.384. The van der Waals surface area contributed by atoms with Gasteiger partial charge < -0.3 is 10.5 Å². The summed E-state index contributed by atoms with van der Waals surface area (Å²) in [5.41, 5.74) is 5.27. The molecule has 0 saturated heterocycles. The van der Waals surface area contributed by atoms with Crippen molar-refractivity contribution in [3.63, 3.8) is 0 Å². The first kappa shape index (κ1) is 13.2. The van der Waals surface area contributed by atoms with Gasteiger partial charge in [-0.25, -0.2) is 0 Å². The Morgan fingerprint density at radius 1 is 1.65 bits per heavy atom. The van der Waals surface area contributed by atoms with Crippen molar-refractivity contribution in [3.05, 3.63) is 33.3 Å². The summed E-state index contributed by atoms with van der Waals surface area (Å²) < 4.78 is 5.26. The van der Waals surface area contributed by atoms with Gasteiger partial charge in [-0.1, -0.05) is 11.6 Å². The Morgan fingerprint density at radius 3 is 2.88 bits per heavy atom. The predicted molar refractivity (Wildman–Crippen MR) is 61.8 cm³/mol. The number of nitrogens with two attached hydrogens (primary N) is 1. The van der Waals surface area contributed by atoms with E-state index in [1.807, 2.05) is 6.07 Å². The molecule has 90 valence electrons. The van der Waals surface area contributed by atoms with Crippen molar-refractivity contribution in [3.8, 4) is 11.8 Å². The van der Waals surface area contributed by atoms with Crippen LogP contribution in [0.3, 0.4) is 0 Å². The van der Waals surface area contributed by atoms with Crippen LogP contribution in [0.15, 0.2) is 18.2 Å². The lowest BCUT2D eigenvalue weighted by atomic mass is 10.2. The van der Waals surface area contributed by atoms with E-state index >= 15 is 0 Å². The van der Waals surface area contributed by atoms with Crippen molar-refractivity contribution < 1.29 is 9.66 Å². The number of nitro benzene ring substituents is 1. The maximum Gasteiger partial charge on any atom is 0.271 e. The number of non-ortho nitro benzene ring substituents is 1. The van der Waals surface area contributed by atoms with Crippen LogP contribution in [-0.4, -0.2) is 17.6 Å². The summed E-state index contributed by atoms with van der Waals surface area (Å²) in [5.74, 6) is 0.336. The summed E-state index contributed by atoms with van der Waals surface area (Å²) in [6, 6.07) is 5.20. The normalized spacial score (nSPS) is 11.6. The van der Waals surface area contributed by atoms with Gasteiger partial charge in [-0.2, -0.15) is 5.26 Å². The molecule has 0 heterocycles. The molecule has 6 nitrogen and oxygen atoms in total. The summed E-state index contributed by atoms with van der Waals surface area (Å²) in [6.07, 6.45) is 0.365. The average Bonchev–Trinajstić information content (AvgIpc) is 2.30. The van der Waals surface area contributed by atoms with Gasteiger partial charge in [0.25, 0.3) is 5.69 Å². The molecular formula is C10H10ClN3O3. The molecule has 1 aromatic rings. The smallest absolute Gasteiger partial charge is 0.271 e. The minimum absolute atomic E-state index is 0.101. The fourth-order valence-corrected chi connectivity index (χ4v) is 1.31. The van der Waals surface area contributed by atoms with Crippen molar-refractivity contribution in [2.24, 2.45) is 5.73 Å². The molecule has 7 heteroatoms. The molecule has 0 aromatic heterocycles. The summed E-state index contributed by atoms with van der Waals surface area (Å²) >= 11 is 5.80. The van der Waals surface area contributed by atoms with Gasteiger partial charge in [0.1, 0.15) is 5.75 Å². The van der Waals surface area contributed by atoms with Crippen molar-refractivity contribution >= 4 is 17.3 Å². The summed E-state index contributed by atoms with van der Waals surface area (Å²) in [6.45, 7) is 0.228. The molecule has 0 amide bonds. The van der Waals surface area contributed by atoms with Gasteiger partial charge in [0, 0.05) is 18.6 Å². The van der Waals surface area contributed by atoms with E-state index in [0.717, 1.165) is 0 Å². The SMILES string of the molecule is N#CC(N)CCOc1ccc([N+](=O)[O-])cc1Cl. The maximum atomic E-state index is 10.5. The highest BCUT2D eigenvalue weighted by Crippen LogP contribution is 2.28. The minimum atomic E-state index is -0.591. The fourth-order valence-electron chi connectivity index (χ4n) is 1.08. The van der Waals surface area contributed by atoms with Gasteiger partial charge in [-0.3, -0.25) is 10.1 Å². The number of rotatable bonds is 5. The molecule has 1 atom stereocenters. The molecule has 0 aliphatic rings. The Bertz CT molecular complexity index is 459. The predicted octanol–water partition coefficient (Wildman–Crippen LogP) is 1.87. The van der Waals surface area contributed by atoms with E-state index in [0.29, 0.717) is 12.2 Å². The largest absolute Gasteiger partial charge is 0.492 e. The zero-order chi connectivity index (χ0) is 12.8. The molecule has 0 fully saturated rings. The first-order chi connectivity index (χ1) is 8.04. The number of nitro groups is 1. The van der Waals surface area contributed by atoms with Gasteiger partial charge in [0.05, 0.1) is 28.7 Å². The Labute approximate surface area is 103 Å². The maximum absolute atomic E-state index is 10.5. The Hall–Kier alpha value is -1.84. The molecule has 1 aromatic carbocycles. The second-order valence-corrected chi connectivity index (χ2v) is 3.65. The minimum Gasteiger partial charge on any atom is -0.492 e. The van der Waals surface area contributed by atoms with Gasteiger partial charge in [0.2, 0.25) is 0 Å². The van der Waals surface area contributed by atoms with Gasteiger partial charge in [-0.15, -0.1) is 0 Å². The third-order valence-electron chi connectivity index (χ3n) is 1.98. The third kappa shape index (κ3) is 3.90. The van der Waals surface area contributed by atoms with Crippen LogP contribution in [0.25, 0.3) is 0 Å². The van der Waals surface area contributed by atoms with Gasteiger partial charge >= 0.3 is 0 Å². The molecule has 0 radical (unpaired) electrons. The molecule has 1 rings (SSSR count). The molecule has 0 aliphatic heterocycles. The molecule has 2 N–H and O–H groups in total. The Morgan fingerprint density at radius 2 is 2.35 bits per heavy atom. The van der Waals surface area contributed by atoms with Gasteiger partial charge in [-0.05, 0) is 6.07 Å². The second-order valence-electron chi connectivity index (χ2n) is 3.24. The first-order valence-electron chi connectivity index (χ1n) is 4.76. The molecular weight excluding hydrogens is 246 g/mol. The molecule has 17 heavy (non-hydrogen) atoms. The number of hydrogen-bond donors (Lipinski definition) is 1. The topological polar surface area (TPSA) is 102 Å². The Kier molecular flexibility index (Phi) is 4.69. The summed E-state index contributed by atoms with van der Waals surface area (Å²) in [5, 5.41) is 19.1. The van der Waals surface area contributed by atoms with E-state index in [9.17, 15) is 10.1 Å². The van der Waals surface area contributed by atoms with Crippen molar-refractivity contribution in [1.29, 1.82) is 5.26 Å². The quantitative estimate of drug-likeness (QED) is 0.639. The number of halogens is 1. The van der Waals surface area contributed by atoms with Crippen LogP contribution >= 0.6 is 11.6 Å². The van der Waals surface area contributed by atoms with Crippen molar-refractivity contribution in [1.82, 2.24) is 0 Å². The number of nitriles is 1. The van der Waals surface area contributed by atoms with E-state index in [-0.39, 0.29) is 17.3 Å². The van der Waals surface area contributed by atoms with Crippen LogP contribution in [0.5, 0.6) is 5.75 Å². The zero-order valence-electron chi connectivity index (χ0n) is 8.80. The monoisotopic (exact) mass is 255 g/mol. The highest BCUT2D eigenvalue weighted by Gasteiger charge is 2.10. The zero-order valence-corrected chi connectivity index (χ0v) is 9.55. The van der Waals surface area contributed by atoms with E-state index < -0.39 is 11.0 Å². The lowest BCUT2D eigenvalue weighted by Crippen LogP contribution is -2.20. The molecule has 0 saturated carbocycles. The van der Waals surface area contributed by atoms with E-state index in [1.165, 1.54) is 18.2 Å². The van der Waals surface area contributed by atoms with Crippen LogP contribution in [-0.2, 0) is 0 Å². The molecule has 1 unspecified atom stereocenters. The fraction of sp³-hybridized carbons (Fsp3) is 0.300.